The molecule has 0 aliphatic carbocycles. The number of hydrogen-bond donors (Lipinski definition) is 0. The third kappa shape index (κ3) is 4.37. The monoisotopic (exact) mass is 137 g/mol. The topological polar surface area (TPSA) is 12.9 Å². The van der Waals surface area contributed by atoms with Crippen molar-refractivity contribution in [3.05, 3.63) is 30.6 Å². The van der Waals surface area contributed by atoms with E-state index >= 15 is 0 Å². The van der Waals surface area contributed by atoms with Gasteiger partial charge in [-0.15, -0.1) is 0 Å². The Morgan fingerprint density at radius 3 is 2.12 bits per heavy atom. The van der Waals surface area contributed by atoms with Crippen LogP contribution < -0.4 is 12.4 Å². The molecule has 38 valence electrons. The van der Waals surface area contributed by atoms with Crippen LogP contribution in [0.3, 0.4) is 0 Å². The molecule has 0 bridgehead atoms. The molecular weight excluding hydrogens is 134 g/mol. The molecule has 0 fully saturated rings. The Bertz CT molecular complexity index is 84.4. The maximum Gasteiger partial charge on any atom is 2.00 e. The van der Waals surface area contributed by atoms with Crippen LogP contribution in [0, 0.1) is 6.20 Å². The van der Waals surface area contributed by atoms with Crippen molar-refractivity contribution in [2.45, 2.75) is 0 Å². The molecule has 3 heteroatoms. The average molecular weight is 138 g/mol. The summed E-state index contributed by atoms with van der Waals surface area (Å²) in [6, 6.07) is 5.50. The minimum absolute atomic E-state index is 0. The van der Waals surface area contributed by atoms with Gasteiger partial charge >= 0.3 is 23.1 Å². The first-order valence-electron chi connectivity index (χ1n) is 1.77. The minimum Gasteiger partial charge on any atom is -1.00 e. The summed E-state index contributed by atoms with van der Waals surface area (Å²) < 4.78 is 0. The van der Waals surface area contributed by atoms with Gasteiger partial charge in [0.2, 0.25) is 0 Å². The van der Waals surface area contributed by atoms with E-state index in [1.807, 2.05) is 12.1 Å². The van der Waals surface area contributed by atoms with Crippen molar-refractivity contribution in [2.24, 2.45) is 0 Å². The maximum atomic E-state index is 3.66. The summed E-state index contributed by atoms with van der Waals surface area (Å²) in [6.07, 6.45) is 4.34. The van der Waals surface area contributed by atoms with Gasteiger partial charge in [-0.25, -0.2) is 0 Å². The molecule has 0 radical (unpaired) electrons. The first-order valence-corrected chi connectivity index (χ1v) is 1.77. The van der Waals surface area contributed by atoms with E-state index in [1.54, 1.807) is 12.3 Å². The molecule has 0 N–H and O–H groups in total. The van der Waals surface area contributed by atoms with Crippen LogP contribution in [0.5, 0.6) is 0 Å². The number of halogens is 1. The predicted molar refractivity (Wildman–Crippen MR) is 28.8 cm³/mol. The molecule has 0 saturated heterocycles. The van der Waals surface area contributed by atoms with Gasteiger partial charge in [0.05, 0.1) is 0 Å². The third-order valence-electron chi connectivity index (χ3n) is 0.517. The van der Waals surface area contributed by atoms with Gasteiger partial charge in [0.15, 0.2) is 0 Å². The summed E-state index contributed by atoms with van der Waals surface area (Å²) in [5, 5.41) is 0. The van der Waals surface area contributed by atoms with Crippen molar-refractivity contribution >= 4 is 23.1 Å². The van der Waals surface area contributed by atoms with Crippen LogP contribution >= 0.6 is 0 Å². The average Bonchev–Trinajstić information content (AvgIpc) is 1.72. The third-order valence-corrected chi connectivity index (χ3v) is 0.517. The van der Waals surface area contributed by atoms with Gasteiger partial charge in [-0.1, -0.05) is 12.4 Å². The summed E-state index contributed by atoms with van der Waals surface area (Å²) in [7, 11) is 0. The molecule has 8 heavy (non-hydrogen) atoms. The van der Waals surface area contributed by atoms with E-state index < -0.39 is 0 Å². The van der Waals surface area contributed by atoms with E-state index in [4.69, 9.17) is 0 Å². The fraction of sp³-hybridized carbons (Fsp3) is 0. The van der Waals surface area contributed by atoms with Gasteiger partial charge in [0.25, 0.3) is 0 Å². The largest absolute Gasteiger partial charge is 2.00 e. The van der Waals surface area contributed by atoms with Crippen molar-refractivity contribution in [1.29, 1.82) is 0 Å². The van der Waals surface area contributed by atoms with Crippen molar-refractivity contribution in [3.63, 3.8) is 0 Å². The van der Waals surface area contributed by atoms with Crippen LogP contribution in [0.15, 0.2) is 24.4 Å². The molecule has 0 amide bonds. The smallest absolute Gasteiger partial charge is 1.00 e. The number of rotatable bonds is 0. The Hall–Kier alpha value is 0.206. The Morgan fingerprint density at radius 1 is 1.25 bits per heavy atom. The fourth-order valence-corrected chi connectivity index (χ4v) is 0.277. The van der Waals surface area contributed by atoms with Crippen LogP contribution in [0.25, 0.3) is 0 Å². The molecule has 1 nitrogen and oxygen atoms in total. The zero-order valence-corrected chi connectivity index (χ0v) is 6.51. The molecule has 0 aliphatic heterocycles. The van der Waals surface area contributed by atoms with E-state index in [0.717, 1.165) is 0 Å². The molecule has 0 atom stereocenters. The Morgan fingerprint density at radius 2 is 2.00 bits per heavy atom. The SMILES string of the molecule is [Cl-].[Mg+2].[c-]1ccccn1. The van der Waals surface area contributed by atoms with E-state index in [9.17, 15) is 0 Å². The quantitative estimate of drug-likeness (QED) is 0.285. The summed E-state index contributed by atoms with van der Waals surface area (Å²) in [6.45, 7) is 0. The van der Waals surface area contributed by atoms with Gasteiger partial charge in [-0.05, 0) is 0 Å². The normalized spacial score (nSPS) is 6.00. The molecular formula is C5H4ClMgN. The molecule has 0 unspecified atom stereocenters. The van der Waals surface area contributed by atoms with E-state index in [2.05, 4.69) is 11.2 Å². The first-order chi connectivity index (χ1) is 3.00. The summed E-state index contributed by atoms with van der Waals surface area (Å²) in [5.74, 6) is 0. The second kappa shape index (κ2) is 7.21. The van der Waals surface area contributed by atoms with Crippen LogP contribution in [-0.2, 0) is 0 Å². The van der Waals surface area contributed by atoms with Crippen LogP contribution in [0.4, 0.5) is 0 Å². The summed E-state index contributed by atoms with van der Waals surface area (Å²) in [4.78, 5) is 3.66. The first kappa shape index (κ1) is 11.1. The number of aromatic nitrogens is 1. The predicted octanol–water partition coefficient (Wildman–Crippen LogP) is -2.50. The Balaban J connectivity index is 0. The molecule has 1 heterocycles. The fourth-order valence-electron chi connectivity index (χ4n) is 0.277. The standard InChI is InChI=1S/C5H4N.ClH.Mg/c1-2-4-6-5-3-1;;/h1-4H;1H;/q-1;;+2/p-1. The molecule has 0 spiro atoms. The van der Waals surface area contributed by atoms with Crippen LogP contribution in [0.1, 0.15) is 0 Å². The van der Waals surface area contributed by atoms with Crippen molar-refractivity contribution in [1.82, 2.24) is 4.98 Å². The van der Waals surface area contributed by atoms with E-state index in [-0.39, 0.29) is 35.5 Å². The molecule has 0 saturated carbocycles. The number of nitrogens with zero attached hydrogens (tertiary/aromatic N) is 1. The molecule has 1 aromatic rings. The Labute approximate surface area is 71.1 Å². The zero-order chi connectivity index (χ0) is 4.24. The van der Waals surface area contributed by atoms with Gasteiger partial charge < -0.3 is 17.4 Å². The van der Waals surface area contributed by atoms with Gasteiger partial charge in [0.1, 0.15) is 0 Å². The van der Waals surface area contributed by atoms with Crippen LogP contribution in [-0.4, -0.2) is 28.0 Å². The number of hydrogen-bond acceptors (Lipinski definition) is 1. The molecule has 1 aromatic heterocycles. The number of pyridine rings is 1. The van der Waals surface area contributed by atoms with Crippen LogP contribution in [0.2, 0.25) is 0 Å². The Kier molecular flexibility index (Phi) is 9.97. The van der Waals surface area contributed by atoms with E-state index in [0.29, 0.717) is 0 Å². The molecule has 0 aliphatic rings. The molecule has 0 aromatic carbocycles. The summed E-state index contributed by atoms with van der Waals surface area (Å²) >= 11 is 0. The van der Waals surface area contributed by atoms with Crippen molar-refractivity contribution in [2.75, 3.05) is 0 Å². The van der Waals surface area contributed by atoms with Gasteiger partial charge in [0, 0.05) is 0 Å². The molecule has 1 rings (SSSR count). The second-order valence-electron chi connectivity index (χ2n) is 0.959. The van der Waals surface area contributed by atoms with Gasteiger partial charge in [-0.2, -0.15) is 18.2 Å². The van der Waals surface area contributed by atoms with Gasteiger partial charge in [-0.3, -0.25) is 0 Å². The maximum absolute atomic E-state index is 3.66. The van der Waals surface area contributed by atoms with Crippen molar-refractivity contribution in [3.8, 4) is 0 Å². The summed E-state index contributed by atoms with van der Waals surface area (Å²) in [5.41, 5.74) is 0. The van der Waals surface area contributed by atoms with Crippen molar-refractivity contribution < 1.29 is 12.4 Å². The second-order valence-corrected chi connectivity index (χ2v) is 0.959. The van der Waals surface area contributed by atoms with E-state index in [1.165, 1.54) is 0 Å². The minimum atomic E-state index is 0. The zero-order valence-electron chi connectivity index (χ0n) is 4.34.